The average molecular weight is 423 g/mol. The number of nitrogens with zero attached hydrogens (tertiary/aromatic N) is 2. The lowest BCUT2D eigenvalue weighted by molar-refractivity contribution is -0.120. The van der Waals surface area contributed by atoms with Gasteiger partial charge in [-0.2, -0.15) is 0 Å². The van der Waals surface area contributed by atoms with Crippen molar-refractivity contribution in [3.05, 3.63) is 59.1 Å². The number of para-hydroxylation sites is 1. The number of hydrogen-bond donors (Lipinski definition) is 2. The van der Waals surface area contributed by atoms with Crippen LogP contribution in [0.3, 0.4) is 0 Å². The molecule has 0 aromatic heterocycles. The molecule has 0 aliphatic carbocycles. The molecular formula is C20H21ClF2N4O2. The Morgan fingerprint density at radius 1 is 0.862 bits per heavy atom. The van der Waals surface area contributed by atoms with Crippen molar-refractivity contribution in [2.45, 2.75) is 0 Å². The van der Waals surface area contributed by atoms with E-state index in [0.29, 0.717) is 36.9 Å². The van der Waals surface area contributed by atoms with E-state index in [2.05, 4.69) is 10.6 Å². The summed E-state index contributed by atoms with van der Waals surface area (Å²) in [5.74, 6) is -1.88. The van der Waals surface area contributed by atoms with Crippen molar-refractivity contribution in [3.8, 4) is 0 Å². The summed E-state index contributed by atoms with van der Waals surface area (Å²) in [7, 11) is 0. The molecule has 2 amide bonds. The van der Waals surface area contributed by atoms with Crippen molar-refractivity contribution in [1.29, 1.82) is 0 Å². The normalized spacial score (nSPS) is 15.1. The number of nitrogens with one attached hydrogen (secondary N) is 2. The summed E-state index contributed by atoms with van der Waals surface area (Å²) in [6.45, 7) is 2.67. The highest BCUT2D eigenvalue weighted by molar-refractivity contribution is 6.33. The van der Waals surface area contributed by atoms with Gasteiger partial charge in [0.15, 0.2) is 0 Å². The fourth-order valence-electron chi connectivity index (χ4n) is 3.05. The maximum Gasteiger partial charge on any atom is 0.238 e. The lowest BCUT2D eigenvalue weighted by Gasteiger charge is -2.33. The summed E-state index contributed by atoms with van der Waals surface area (Å²) < 4.78 is 26.8. The molecule has 0 atom stereocenters. The van der Waals surface area contributed by atoms with E-state index in [1.807, 2.05) is 9.80 Å². The van der Waals surface area contributed by atoms with Crippen LogP contribution in [0.5, 0.6) is 0 Å². The van der Waals surface area contributed by atoms with E-state index in [0.717, 1.165) is 18.2 Å². The third-order valence-electron chi connectivity index (χ3n) is 4.55. The molecule has 2 N–H and O–H groups in total. The van der Waals surface area contributed by atoms with Gasteiger partial charge < -0.3 is 10.6 Å². The molecule has 1 fully saturated rings. The minimum Gasteiger partial charge on any atom is -0.324 e. The summed E-state index contributed by atoms with van der Waals surface area (Å²) in [6, 6.07) is 9.93. The SMILES string of the molecule is O=C(CN1CCN(CC(=O)Nc2ccccc2Cl)CC1)Nc1cc(F)ccc1F. The highest BCUT2D eigenvalue weighted by atomic mass is 35.5. The van der Waals surface area contributed by atoms with Crippen LogP contribution in [0.15, 0.2) is 42.5 Å². The number of hydrogen-bond acceptors (Lipinski definition) is 4. The molecule has 0 bridgehead atoms. The van der Waals surface area contributed by atoms with Crippen LogP contribution in [0.25, 0.3) is 0 Å². The number of carbonyl (C=O) groups is 2. The van der Waals surface area contributed by atoms with E-state index < -0.39 is 17.5 Å². The first-order valence-electron chi connectivity index (χ1n) is 9.15. The first-order chi connectivity index (χ1) is 13.9. The summed E-state index contributed by atoms with van der Waals surface area (Å²) in [6.07, 6.45) is 0. The molecule has 3 rings (SSSR count). The zero-order valence-electron chi connectivity index (χ0n) is 15.6. The Balaban J connectivity index is 1.42. The molecule has 2 aromatic carbocycles. The van der Waals surface area contributed by atoms with Crippen LogP contribution in [0, 0.1) is 11.6 Å². The zero-order valence-corrected chi connectivity index (χ0v) is 16.4. The number of piperazine rings is 1. The smallest absolute Gasteiger partial charge is 0.238 e. The maximum absolute atomic E-state index is 13.6. The first-order valence-corrected chi connectivity index (χ1v) is 9.52. The van der Waals surface area contributed by atoms with Gasteiger partial charge in [0.25, 0.3) is 0 Å². The molecule has 1 aliphatic heterocycles. The Kier molecular flexibility index (Phi) is 7.13. The van der Waals surface area contributed by atoms with Crippen molar-refractivity contribution in [1.82, 2.24) is 9.80 Å². The standard InChI is InChI=1S/C20H21ClF2N4O2/c21-15-3-1-2-4-17(15)24-19(28)12-26-7-9-27(10-8-26)13-20(29)25-18-11-14(22)5-6-16(18)23/h1-6,11H,7-10,12-13H2,(H,24,28)(H,25,29). The molecule has 29 heavy (non-hydrogen) atoms. The quantitative estimate of drug-likeness (QED) is 0.751. The number of halogens is 3. The largest absolute Gasteiger partial charge is 0.324 e. The maximum atomic E-state index is 13.6. The number of benzene rings is 2. The molecule has 1 heterocycles. The van der Waals surface area contributed by atoms with Crippen molar-refractivity contribution in [2.75, 3.05) is 49.9 Å². The van der Waals surface area contributed by atoms with E-state index in [1.165, 1.54) is 0 Å². The van der Waals surface area contributed by atoms with Crippen LogP contribution in [0.4, 0.5) is 20.2 Å². The Morgan fingerprint density at radius 2 is 1.41 bits per heavy atom. The molecule has 0 saturated carbocycles. The molecular weight excluding hydrogens is 402 g/mol. The topological polar surface area (TPSA) is 64.7 Å². The molecule has 154 valence electrons. The third kappa shape index (κ3) is 6.22. The second kappa shape index (κ2) is 9.78. The molecule has 9 heteroatoms. The molecule has 2 aromatic rings. The lowest BCUT2D eigenvalue weighted by atomic mass is 10.2. The van der Waals surface area contributed by atoms with Gasteiger partial charge in [0.1, 0.15) is 11.6 Å². The fourth-order valence-corrected chi connectivity index (χ4v) is 3.23. The van der Waals surface area contributed by atoms with Crippen LogP contribution in [-0.2, 0) is 9.59 Å². The van der Waals surface area contributed by atoms with Gasteiger partial charge in [-0.3, -0.25) is 19.4 Å². The minimum absolute atomic E-state index is 0.0651. The summed E-state index contributed by atoms with van der Waals surface area (Å²) >= 11 is 6.04. The minimum atomic E-state index is -0.686. The van der Waals surface area contributed by atoms with Crippen molar-refractivity contribution in [2.24, 2.45) is 0 Å². The molecule has 0 radical (unpaired) electrons. The monoisotopic (exact) mass is 422 g/mol. The number of amides is 2. The Morgan fingerprint density at radius 3 is 2.00 bits per heavy atom. The second-order valence-corrected chi connectivity index (χ2v) is 7.16. The van der Waals surface area contributed by atoms with E-state index in [4.69, 9.17) is 11.6 Å². The summed E-state index contributed by atoms with van der Waals surface area (Å²) in [5, 5.41) is 5.65. The molecule has 0 spiro atoms. The van der Waals surface area contributed by atoms with Crippen LogP contribution in [0.2, 0.25) is 5.02 Å². The molecule has 1 aliphatic rings. The van der Waals surface area contributed by atoms with E-state index in [1.54, 1.807) is 24.3 Å². The highest BCUT2D eigenvalue weighted by Crippen LogP contribution is 2.20. The van der Waals surface area contributed by atoms with Crippen molar-refractivity contribution < 1.29 is 18.4 Å². The van der Waals surface area contributed by atoms with Gasteiger partial charge in [0.2, 0.25) is 11.8 Å². The van der Waals surface area contributed by atoms with E-state index in [9.17, 15) is 18.4 Å². The average Bonchev–Trinajstić information content (AvgIpc) is 2.68. The highest BCUT2D eigenvalue weighted by Gasteiger charge is 2.21. The van der Waals surface area contributed by atoms with E-state index >= 15 is 0 Å². The van der Waals surface area contributed by atoms with Gasteiger partial charge in [-0.05, 0) is 24.3 Å². The fraction of sp³-hybridized carbons (Fsp3) is 0.300. The number of rotatable bonds is 6. The van der Waals surface area contributed by atoms with Crippen LogP contribution < -0.4 is 10.6 Å². The number of anilines is 2. The predicted molar refractivity (Wildman–Crippen MR) is 108 cm³/mol. The van der Waals surface area contributed by atoms with Gasteiger partial charge in [-0.1, -0.05) is 23.7 Å². The van der Waals surface area contributed by atoms with Gasteiger partial charge in [-0.15, -0.1) is 0 Å². The molecule has 1 saturated heterocycles. The Bertz CT molecular complexity index is 889. The molecule has 0 unspecified atom stereocenters. The predicted octanol–water partition coefficient (Wildman–Crippen LogP) is 2.81. The third-order valence-corrected chi connectivity index (χ3v) is 4.88. The zero-order chi connectivity index (χ0) is 20.8. The van der Waals surface area contributed by atoms with Crippen LogP contribution in [-0.4, -0.2) is 60.9 Å². The molecule has 6 nitrogen and oxygen atoms in total. The Hall–Kier alpha value is -2.55. The summed E-state index contributed by atoms with van der Waals surface area (Å²) in [5.41, 5.74) is 0.393. The van der Waals surface area contributed by atoms with Crippen molar-refractivity contribution >= 4 is 34.8 Å². The van der Waals surface area contributed by atoms with Crippen LogP contribution in [0.1, 0.15) is 0 Å². The Labute approximate surface area is 172 Å². The van der Waals surface area contributed by atoms with E-state index in [-0.39, 0.29) is 24.7 Å². The van der Waals surface area contributed by atoms with Gasteiger partial charge in [0, 0.05) is 32.2 Å². The van der Waals surface area contributed by atoms with Crippen LogP contribution >= 0.6 is 11.6 Å². The number of carbonyl (C=O) groups excluding carboxylic acids is 2. The first kappa shape index (κ1) is 21.2. The lowest BCUT2D eigenvalue weighted by Crippen LogP contribution is -2.50. The van der Waals surface area contributed by atoms with Gasteiger partial charge in [-0.25, -0.2) is 8.78 Å². The van der Waals surface area contributed by atoms with Gasteiger partial charge >= 0.3 is 0 Å². The van der Waals surface area contributed by atoms with Crippen molar-refractivity contribution in [3.63, 3.8) is 0 Å². The summed E-state index contributed by atoms with van der Waals surface area (Å²) in [4.78, 5) is 28.2. The van der Waals surface area contributed by atoms with Gasteiger partial charge in [0.05, 0.1) is 29.5 Å². The second-order valence-electron chi connectivity index (χ2n) is 6.75.